The fourth-order valence-corrected chi connectivity index (χ4v) is 5.41. The first-order chi connectivity index (χ1) is 14.5. The number of hydrogen-bond donors (Lipinski definition) is 1. The summed E-state index contributed by atoms with van der Waals surface area (Å²) in [6, 6.07) is 6.46. The number of rotatable bonds is 9. The number of ether oxygens (including phenoxy) is 2. The molecule has 2 heterocycles. The standard InChI is InChI=1S/C21H33N3O5S/c1-2-29-19-6-8-20(9-7-19)30(26,27)24-12-3-5-18(17-24)21(25)22-10-4-11-23-13-15-28-16-14-23/h6-9,18H,2-5,10-17H2,1H3,(H,22,25)/t18-/m0/s1. The van der Waals surface area contributed by atoms with Gasteiger partial charge in [-0.05, 0) is 57.0 Å². The number of carbonyl (C=O) groups excluding carboxylic acids is 1. The van der Waals surface area contributed by atoms with Crippen molar-refractivity contribution in [3.8, 4) is 5.75 Å². The molecule has 8 nitrogen and oxygen atoms in total. The Morgan fingerprint density at radius 2 is 1.93 bits per heavy atom. The van der Waals surface area contributed by atoms with Crippen LogP contribution in [0.1, 0.15) is 26.2 Å². The van der Waals surface area contributed by atoms with Crippen LogP contribution >= 0.6 is 0 Å². The van der Waals surface area contributed by atoms with Crippen molar-refractivity contribution in [1.82, 2.24) is 14.5 Å². The molecule has 30 heavy (non-hydrogen) atoms. The molecule has 0 aromatic heterocycles. The maximum absolute atomic E-state index is 13.0. The van der Waals surface area contributed by atoms with Crippen molar-refractivity contribution >= 4 is 15.9 Å². The molecule has 0 radical (unpaired) electrons. The summed E-state index contributed by atoms with van der Waals surface area (Å²) >= 11 is 0. The second kappa shape index (κ2) is 11.1. The molecule has 3 rings (SSSR count). The van der Waals surface area contributed by atoms with E-state index in [1.807, 2.05) is 6.92 Å². The lowest BCUT2D eigenvalue weighted by atomic mass is 9.99. The van der Waals surface area contributed by atoms with Crippen LogP contribution in [0, 0.1) is 5.92 Å². The SMILES string of the molecule is CCOc1ccc(S(=O)(=O)N2CCC[C@H](C(=O)NCCCN3CCOCC3)C2)cc1. The molecular weight excluding hydrogens is 406 g/mol. The molecule has 2 fully saturated rings. The highest BCUT2D eigenvalue weighted by molar-refractivity contribution is 7.89. The van der Waals surface area contributed by atoms with Crippen molar-refractivity contribution in [3.63, 3.8) is 0 Å². The van der Waals surface area contributed by atoms with E-state index < -0.39 is 10.0 Å². The quantitative estimate of drug-likeness (QED) is 0.584. The van der Waals surface area contributed by atoms with Crippen LogP contribution in [-0.4, -0.2) is 82.6 Å². The third kappa shape index (κ3) is 6.16. The average molecular weight is 440 g/mol. The third-order valence-electron chi connectivity index (χ3n) is 5.58. The van der Waals surface area contributed by atoms with Crippen LogP contribution in [0.5, 0.6) is 5.75 Å². The highest BCUT2D eigenvalue weighted by Gasteiger charge is 2.33. The monoisotopic (exact) mass is 439 g/mol. The van der Waals surface area contributed by atoms with Gasteiger partial charge >= 0.3 is 0 Å². The van der Waals surface area contributed by atoms with Gasteiger partial charge in [-0.1, -0.05) is 0 Å². The van der Waals surface area contributed by atoms with E-state index in [4.69, 9.17) is 9.47 Å². The number of hydrogen-bond acceptors (Lipinski definition) is 6. The Labute approximate surface area is 179 Å². The molecule has 0 unspecified atom stereocenters. The molecule has 0 spiro atoms. The molecule has 9 heteroatoms. The van der Waals surface area contributed by atoms with Gasteiger partial charge in [-0.2, -0.15) is 4.31 Å². The molecule has 1 amide bonds. The van der Waals surface area contributed by atoms with E-state index in [9.17, 15) is 13.2 Å². The Balaban J connectivity index is 1.49. The van der Waals surface area contributed by atoms with E-state index in [0.29, 0.717) is 38.3 Å². The van der Waals surface area contributed by atoms with Crippen LogP contribution in [0.2, 0.25) is 0 Å². The van der Waals surface area contributed by atoms with Gasteiger partial charge in [0.1, 0.15) is 5.75 Å². The number of morpholine rings is 1. The lowest BCUT2D eigenvalue weighted by Crippen LogP contribution is -2.45. The molecule has 0 aliphatic carbocycles. The van der Waals surface area contributed by atoms with Crippen molar-refractivity contribution in [1.29, 1.82) is 0 Å². The van der Waals surface area contributed by atoms with Gasteiger partial charge in [-0.3, -0.25) is 9.69 Å². The summed E-state index contributed by atoms with van der Waals surface area (Å²) in [5.41, 5.74) is 0. The summed E-state index contributed by atoms with van der Waals surface area (Å²) in [7, 11) is -3.62. The molecule has 1 aromatic rings. The Bertz CT molecular complexity index is 778. The predicted molar refractivity (Wildman–Crippen MR) is 114 cm³/mol. The lowest BCUT2D eigenvalue weighted by molar-refractivity contribution is -0.126. The molecule has 1 N–H and O–H groups in total. The van der Waals surface area contributed by atoms with Gasteiger partial charge in [0.15, 0.2) is 0 Å². The van der Waals surface area contributed by atoms with Gasteiger partial charge in [-0.25, -0.2) is 8.42 Å². The number of benzene rings is 1. The summed E-state index contributed by atoms with van der Waals surface area (Å²) in [4.78, 5) is 15.2. The zero-order chi connectivity index (χ0) is 21.4. The Morgan fingerprint density at radius 1 is 1.20 bits per heavy atom. The highest BCUT2D eigenvalue weighted by Crippen LogP contribution is 2.25. The Hall–Kier alpha value is -1.68. The summed E-state index contributed by atoms with van der Waals surface area (Å²) in [6.07, 6.45) is 2.28. The fraction of sp³-hybridized carbons (Fsp3) is 0.667. The van der Waals surface area contributed by atoms with E-state index in [0.717, 1.165) is 39.3 Å². The number of carbonyl (C=O) groups is 1. The zero-order valence-corrected chi connectivity index (χ0v) is 18.5. The van der Waals surface area contributed by atoms with E-state index in [2.05, 4.69) is 10.2 Å². The van der Waals surface area contributed by atoms with E-state index in [-0.39, 0.29) is 23.3 Å². The second-order valence-corrected chi connectivity index (χ2v) is 9.64. The van der Waals surface area contributed by atoms with Gasteiger partial charge in [0.05, 0.1) is 30.6 Å². The average Bonchev–Trinajstić information content (AvgIpc) is 2.78. The predicted octanol–water partition coefficient (Wildman–Crippen LogP) is 1.32. The number of nitrogens with one attached hydrogen (secondary N) is 1. The summed E-state index contributed by atoms with van der Waals surface area (Å²) in [5.74, 6) is 0.285. The van der Waals surface area contributed by atoms with Crippen LogP contribution < -0.4 is 10.1 Å². The largest absolute Gasteiger partial charge is 0.494 e. The minimum absolute atomic E-state index is 0.0522. The molecule has 2 aliphatic heterocycles. The number of nitrogens with zero attached hydrogens (tertiary/aromatic N) is 2. The highest BCUT2D eigenvalue weighted by atomic mass is 32.2. The smallest absolute Gasteiger partial charge is 0.243 e. The maximum atomic E-state index is 13.0. The minimum atomic E-state index is -3.62. The van der Waals surface area contributed by atoms with E-state index in [1.165, 1.54) is 4.31 Å². The second-order valence-electron chi connectivity index (χ2n) is 7.71. The Morgan fingerprint density at radius 3 is 2.63 bits per heavy atom. The van der Waals surface area contributed by atoms with E-state index >= 15 is 0 Å². The summed E-state index contributed by atoms with van der Waals surface area (Å²) < 4.78 is 38.2. The normalized spacial score (nSPS) is 21.3. The van der Waals surface area contributed by atoms with Gasteiger partial charge in [0.2, 0.25) is 15.9 Å². The summed E-state index contributed by atoms with van der Waals surface area (Å²) in [6.45, 7) is 8.05. The zero-order valence-electron chi connectivity index (χ0n) is 17.7. The number of sulfonamides is 1. The van der Waals surface area contributed by atoms with Crippen molar-refractivity contribution < 1.29 is 22.7 Å². The Kier molecular flexibility index (Phi) is 8.50. The van der Waals surface area contributed by atoms with Crippen molar-refractivity contribution in [3.05, 3.63) is 24.3 Å². The molecule has 1 aromatic carbocycles. The first kappa shape index (κ1) is 23.0. The fourth-order valence-electron chi connectivity index (χ4n) is 3.88. The maximum Gasteiger partial charge on any atom is 0.243 e. The first-order valence-corrected chi connectivity index (χ1v) is 12.3. The van der Waals surface area contributed by atoms with Gasteiger partial charge in [-0.15, -0.1) is 0 Å². The van der Waals surface area contributed by atoms with E-state index in [1.54, 1.807) is 24.3 Å². The van der Waals surface area contributed by atoms with Crippen LogP contribution in [-0.2, 0) is 19.6 Å². The van der Waals surface area contributed by atoms with Gasteiger partial charge < -0.3 is 14.8 Å². The van der Waals surface area contributed by atoms with Gasteiger partial charge in [0, 0.05) is 32.7 Å². The first-order valence-electron chi connectivity index (χ1n) is 10.8. The molecule has 1 atom stereocenters. The van der Waals surface area contributed by atoms with Crippen molar-refractivity contribution in [2.24, 2.45) is 5.92 Å². The van der Waals surface area contributed by atoms with Crippen LogP contribution in [0.3, 0.4) is 0 Å². The van der Waals surface area contributed by atoms with Crippen molar-refractivity contribution in [2.45, 2.75) is 31.1 Å². The molecular formula is C21H33N3O5S. The third-order valence-corrected chi connectivity index (χ3v) is 7.46. The molecule has 0 bridgehead atoms. The van der Waals surface area contributed by atoms with Gasteiger partial charge in [0.25, 0.3) is 0 Å². The summed E-state index contributed by atoms with van der Waals surface area (Å²) in [5, 5.41) is 2.99. The van der Waals surface area contributed by atoms with Crippen LogP contribution in [0.4, 0.5) is 0 Å². The van der Waals surface area contributed by atoms with Crippen LogP contribution in [0.15, 0.2) is 29.2 Å². The molecule has 168 valence electrons. The molecule has 2 saturated heterocycles. The lowest BCUT2D eigenvalue weighted by Gasteiger charge is -2.31. The minimum Gasteiger partial charge on any atom is -0.494 e. The van der Waals surface area contributed by atoms with Crippen molar-refractivity contribution in [2.75, 3.05) is 59.1 Å². The molecule has 2 aliphatic rings. The number of amides is 1. The molecule has 0 saturated carbocycles. The number of piperidine rings is 1. The topological polar surface area (TPSA) is 88.2 Å². The van der Waals surface area contributed by atoms with Crippen LogP contribution in [0.25, 0.3) is 0 Å².